The van der Waals surface area contributed by atoms with Gasteiger partial charge in [0.05, 0.1) is 12.7 Å². The summed E-state index contributed by atoms with van der Waals surface area (Å²) < 4.78 is 15.0. The molecular formula is C24H24O13. The van der Waals surface area contributed by atoms with Crippen LogP contribution in [0.25, 0.3) is 6.08 Å². The predicted octanol–water partition coefficient (Wildman–Crippen LogP) is 0.424. The molecule has 2 aromatic rings. The zero-order valence-electron chi connectivity index (χ0n) is 19.3. The van der Waals surface area contributed by atoms with E-state index >= 15 is 0 Å². The van der Waals surface area contributed by atoms with Crippen molar-refractivity contribution >= 4 is 24.0 Å². The lowest BCUT2D eigenvalue weighted by atomic mass is 9.78. The summed E-state index contributed by atoms with van der Waals surface area (Å²) in [5.74, 6) is -6.85. The van der Waals surface area contributed by atoms with Crippen LogP contribution in [0.2, 0.25) is 0 Å². The molecule has 37 heavy (non-hydrogen) atoms. The van der Waals surface area contributed by atoms with Crippen molar-refractivity contribution < 1.29 is 64.3 Å². The first-order valence-corrected chi connectivity index (χ1v) is 10.7. The number of ether oxygens (including phenoxy) is 3. The molecule has 0 unspecified atom stereocenters. The Hall–Kier alpha value is -4.49. The summed E-state index contributed by atoms with van der Waals surface area (Å²) in [6, 6.07) is 5.28. The lowest BCUT2D eigenvalue weighted by Crippen LogP contribution is -2.63. The molecule has 0 radical (unpaired) electrons. The van der Waals surface area contributed by atoms with Gasteiger partial charge in [0, 0.05) is 6.08 Å². The molecule has 1 saturated carbocycles. The second-order valence-electron chi connectivity index (χ2n) is 8.19. The van der Waals surface area contributed by atoms with Crippen LogP contribution in [0.1, 0.15) is 28.8 Å². The fourth-order valence-electron chi connectivity index (χ4n) is 3.73. The van der Waals surface area contributed by atoms with Crippen LogP contribution in [0.3, 0.4) is 0 Å². The van der Waals surface area contributed by atoms with E-state index in [9.17, 15) is 50.1 Å². The molecule has 4 atom stereocenters. The van der Waals surface area contributed by atoms with Gasteiger partial charge in [-0.05, 0) is 48.7 Å². The summed E-state index contributed by atoms with van der Waals surface area (Å²) in [7, 11) is 0.966. The molecular weight excluding hydrogens is 496 g/mol. The molecule has 1 aliphatic carbocycles. The van der Waals surface area contributed by atoms with Gasteiger partial charge in [-0.15, -0.1) is 0 Å². The van der Waals surface area contributed by atoms with Crippen molar-refractivity contribution in [1.29, 1.82) is 0 Å². The maximum absolute atomic E-state index is 12.7. The van der Waals surface area contributed by atoms with Crippen LogP contribution in [0, 0.1) is 0 Å². The second kappa shape index (κ2) is 10.6. The molecule has 0 heterocycles. The fourth-order valence-corrected chi connectivity index (χ4v) is 3.73. The minimum absolute atomic E-state index is 0.258. The molecule has 2 aromatic carbocycles. The lowest BCUT2D eigenvalue weighted by molar-refractivity contribution is -0.213. The van der Waals surface area contributed by atoms with Gasteiger partial charge < -0.3 is 50.0 Å². The van der Waals surface area contributed by atoms with Crippen molar-refractivity contribution in [2.45, 2.75) is 36.8 Å². The number of hydrogen-bond acceptors (Lipinski definition) is 13. The Morgan fingerprint density at radius 3 is 2.19 bits per heavy atom. The molecule has 0 spiro atoms. The summed E-state index contributed by atoms with van der Waals surface area (Å²) in [4.78, 5) is 37.3. The molecule has 0 amide bonds. The van der Waals surface area contributed by atoms with Gasteiger partial charge in [-0.3, -0.25) is 0 Å². The third-order valence-corrected chi connectivity index (χ3v) is 5.74. The summed E-state index contributed by atoms with van der Waals surface area (Å²) in [6.45, 7) is 0. The number of aliphatic hydroxyl groups excluding tert-OH is 1. The molecule has 3 rings (SSSR count). The third kappa shape index (κ3) is 5.68. The number of phenolic OH excluding ortho intramolecular Hbond substituents is 5. The zero-order chi connectivity index (χ0) is 27.5. The molecule has 0 bridgehead atoms. The number of carbonyl (C=O) groups excluding carboxylic acids is 3. The number of benzene rings is 2. The molecule has 198 valence electrons. The van der Waals surface area contributed by atoms with Gasteiger partial charge in [0.15, 0.2) is 40.5 Å². The van der Waals surface area contributed by atoms with Crippen LogP contribution in [0.5, 0.6) is 28.7 Å². The van der Waals surface area contributed by atoms with Crippen molar-refractivity contribution in [3.8, 4) is 28.7 Å². The molecule has 7 N–H and O–H groups in total. The second-order valence-corrected chi connectivity index (χ2v) is 8.19. The van der Waals surface area contributed by atoms with E-state index in [4.69, 9.17) is 9.47 Å². The van der Waals surface area contributed by atoms with E-state index in [0.29, 0.717) is 5.56 Å². The van der Waals surface area contributed by atoms with Crippen molar-refractivity contribution in [3.63, 3.8) is 0 Å². The highest BCUT2D eigenvalue weighted by molar-refractivity contribution is 5.91. The first kappa shape index (κ1) is 27.1. The van der Waals surface area contributed by atoms with Crippen LogP contribution in [-0.4, -0.2) is 84.7 Å². The normalized spacial score (nSPS) is 23.4. The molecule has 1 fully saturated rings. The van der Waals surface area contributed by atoms with Crippen molar-refractivity contribution in [3.05, 3.63) is 47.5 Å². The Labute approximate surface area is 209 Å². The van der Waals surface area contributed by atoms with Gasteiger partial charge in [0.1, 0.15) is 12.2 Å². The highest BCUT2D eigenvalue weighted by Crippen LogP contribution is 2.37. The van der Waals surface area contributed by atoms with E-state index in [1.165, 1.54) is 24.3 Å². The quantitative estimate of drug-likeness (QED) is 0.119. The van der Waals surface area contributed by atoms with E-state index in [2.05, 4.69) is 4.74 Å². The fraction of sp³-hybridized carbons (Fsp3) is 0.292. The number of aliphatic hydroxyl groups is 2. The van der Waals surface area contributed by atoms with Gasteiger partial charge in [0.25, 0.3) is 0 Å². The van der Waals surface area contributed by atoms with Crippen LogP contribution in [0.4, 0.5) is 0 Å². The molecule has 1 aliphatic rings. The van der Waals surface area contributed by atoms with Crippen molar-refractivity contribution in [2.24, 2.45) is 0 Å². The largest absolute Gasteiger partial charge is 0.504 e. The Morgan fingerprint density at radius 2 is 1.59 bits per heavy atom. The van der Waals surface area contributed by atoms with Crippen LogP contribution in [-0.2, 0) is 23.8 Å². The minimum atomic E-state index is -2.51. The van der Waals surface area contributed by atoms with Gasteiger partial charge in [-0.2, -0.15) is 0 Å². The van der Waals surface area contributed by atoms with Crippen molar-refractivity contribution in [2.75, 3.05) is 7.11 Å². The highest BCUT2D eigenvalue weighted by Gasteiger charge is 2.56. The predicted molar refractivity (Wildman–Crippen MR) is 122 cm³/mol. The topological polar surface area (TPSA) is 221 Å². The highest BCUT2D eigenvalue weighted by atomic mass is 16.6. The van der Waals surface area contributed by atoms with Crippen molar-refractivity contribution in [1.82, 2.24) is 0 Å². The molecule has 0 saturated heterocycles. The third-order valence-electron chi connectivity index (χ3n) is 5.74. The van der Waals surface area contributed by atoms with Crippen LogP contribution < -0.4 is 0 Å². The number of carbonyl (C=O) groups is 3. The Balaban J connectivity index is 1.84. The van der Waals surface area contributed by atoms with Gasteiger partial charge >= 0.3 is 17.9 Å². The first-order chi connectivity index (χ1) is 17.4. The molecule has 0 aromatic heterocycles. The number of methoxy groups -OCH3 is 1. The Morgan fingerprint density at radius 1 is 0.946 bits per heavy atom. The minimum Gasteiger partial charge on any atom is -0.504 e. The van der Waals surface area contributed by atoms with Gasteiger partial charge in [-0.1, -0.05) is 6.07 Å². The summed E-state index contributed by atoms with van der Waals surface area (Å²) >= 11 is 0. The van der Waals surface area contributed by atoms with E-state index in [1.54, 1.807) is 0 Å². The maximum Gasteiger partial charge on any atom is 0.340 e. The van der Waals surface area contributed by atoms with Gasteiger partial charge in [0.2, 0.25) is 0 Å². The summed E-state index contributed by atoms with van der Waals surface area (Å²) in [5.41, 5.74) is -2.66. The van der Waals surface area contributed by atoms with E-state index in [-0.39, 0.29) is 12.2 Å². The first-order valence-electron chi connectivity index (χ1n) is 10.7. The average Bonchev–Trinajstić information content (AvgIpc) is 2.86. The van der Waals surface area contributed by atoms with Gasteiger partial charge in [-0.25, -0.2) is 14.4 Å². The summed E-state index contributed by atoms with van der Waals surface area (Å²) in [6.07, 6.45) is -3.78. The number of aromatic hydroxyl groups is 5. The number of rotatable bonds is 6. The van der Waals surface area contributed by atoms with E-state index < -0.39 is 76.8 Å². The zero-order valence-corrected chi connectivity index (χ0v) is 19.3. The molecule has 0 aliphatic heterocycles. The number of esters is 3. The smallest absolute Gasteiger partial charge is 0.340 e. The maximum atomic E-state index is 12.7. The molecule has 13 heteroatoms. The Kier molecular flexibility index (Phi) is 7.79. The SMILES string of the molecule is COC(=O)[C@@]1(O)CC[C@@H](OC(=O)/C=C/c2ccc(O)c(O)c2)[C@H](OC(=O)c2cc(O)c(O)c(O)c2)[C@@H]1O. The molecule has 13 nitrogen and oxygen atoms in total. The standard InChI is InChI=1S/C24H24O13/c1-35-23(33)24(34)7-6-17(36-18(29)5-3-11-2-4-13(25)14(26)8-11)20(21(24)31)37-22(32)12-9-15(27)19(30)16(28)10-12/h2-5,8-10,17,20-21,25-28,30-31,34H,6-7H2,1H3/b5-3+/t17-,20+,21+,24-/m1/s1. The van der Waals surface area contributed by atoms with Crippen LogP contribution >= 0.6 is 0 Å². The monoisotopic (exact) mass is 520 g/mol. The lowest BCUT2D eigenvalue weighted by Gasteiger charge is -2.42. The van der Waals surface area contributed by atoms with Crippen LogP contribution in [0.15, 0.2) is 36.4 Å². The van der Waals surface area contributed by atoms with E-state index in [1.807, 2.05) is 0 Å². The Bertz CT molecular complexity index is 1210. The summed E-state index contributed by atoms with van der Waals surface area (Å²) in [5, 5.41) is 69.2. The number of phenols is 5. The average molecular weight is 520 g/mol. The number of hydrogen-bond donors (Lipinski definition) is 7. The van der Waals surface area contributed by atoms with E-state index in [0.717, 1.165) is 25.3 Å².